The molecule has 0 saturated carbocycles. The van der Waals surface area contributed by atoms with E-state index in [-0.39, 0.29) is 5.91 Å². The quantitative estimate of drug-likeness (QED) is 0.645. The van der Waals surface area contributed by atoms with Crippen molar-refractivity contribution in [1.82, 2.24) is 9.80 Å². The number of nitrogens with two attached hydrogens (primary N) is 1. The van der Waals surface area contributed by atoms with Gasteiger partial charge in [-0.05, 0) is 20.5 Å². The Morgan fingerprint density at radius 1 is 1.62 bits per heavy atom. The number of nitrogens with zero attached hydrogens (tertiary/aromatic N) is 2. The van der Waals surface area contributed by atoms with Crippen molar-refractivity contribution in [2.24, 2.45) is 5.73 Å². The van der Waals surface area contributed by atoms with Crippen molar-refractivity contribution >= 4 is 5.91 Å². The molecule has 1 atom stereocenters. The number of likely N-dealkylation sites (N-methyl/N-ethyl adjacent to an activating group) is 1. The van der Waals surface area contributed by atoms with Crippen LogP contribution in [0.1, 0.15) is 12.8 Å². The van der Waals surface area contributed by atoms with Crippen LogP contribution in [0.2, 0.25) is 0 Å². The first kappa shape index (κ1) is 10.5. The van der Waals surface area contributed by atoms with Crippen LogP contribution < -0.4 is 5.73 Å². The highest BCUT2D eigenvalue weighted by Gasteiger charge is 2.26. The van der Waals surface area contributed by atoms with E-state index in [0.717, 1.165) is 19.5 Å². The topological polar surface area (TPSA) is 49.6 Å². The maximum Gasteiger partial charge on any atom is 0.223 e. The molecular weight excluding hydrogens is 166 g/mol. The van der Waals surface area contributed by atoms with E-state index in [4.69, 9.17) is 5.73 Å². The third-order valence-electron chi connectivity index (χ3n) is 2.60. The van der Waals surface area contributed by atoms with Crippen LogP contribution in [0.15, 0.2) is 0 Å². The molecule has 0 aromatic carbocycles. The second-order valence-electron chi connectivity index (χ2n) is 3.78. The molecule has 1 amide bonds. The van der Waals surface area contributed by atoms with E-state index in [0.29, 0.717) is 19.0 Å². The molecular formula is C9H19N3O. The van der Waals surface area contributed by atoms with Gasteiger partial charge < -0.3 is 15.5 Å². The van der Waals surface area contributed by atoms with Crippen LogP contribution in [-0.2, 0) is 4.79 Å². The van der Waals surface area contributed by atoms with Crippen molar-refractivity contribution in [2.45, 2.75) is 18.9 Å². The molecule has 0 aliphatic carbocycles. The Kier molecular flexibility index (Phi) is 3.69. The van der Waals surface area contributed by atoms with Crippen LogP contribution in [0.3, 0.4) is 0 Å². The van der Waals surface area contributed by atoms with Crippen LogP contribution >= 0.6 is 0 Å². The molecule has 0 aromatic heterocycles. The van der Waals surface area contributed by atoms with Crippen molar-refractivity contribution in [2.75, 3.05) is 33.7 Å². The largest absolute Gasteiger partial charge is 0.341 e. The number of amides is 1. The predicted molar refractivity (Wildman–Crippen MR) is 52.3 cm³/mol. The Bertz CT molecular complexity index is 182. The zero-order valence-electron chi connectivity index (χ0n) is 8.49. The second-order valence-corrected chi connectivity index (χ2v) is 3.78. The van der Waals surface area contributed by atoms with Gasteiger partial charge in [-0.3, -0.25) is 4.79 Å². The first-order chi connectivity index (χ1) is 6.15. The number of carbonyl (C=O) groups is 1. The first-order valence-electron chi connectivity index (χ1n) is 4.79. The number of rotatable bonds is 3. The Morgan fingerprint density at radius 3 is 2.77 bits per heavy atom. The zero-order valence-corrected chi connectivity index (χ0v) is 8.49. The van der Waals surface area contributed by atoms with Crippen molar-refractivity contribution < 1.29 is 4.79 Å². The standard InChI is InChI=1S/C9H19N3O/c1-11(2)8-4-6-12(7-8)9(13)3-5-10/h8H,3-7,10H2,1-2H3. The molecule has 1 saturated heterocycles. The van der Waals surface area contributed by atoms with Crippen molar-refractivity contribution in [3.05, 3.63) is 0 Å². The zero-order chi connectivity index (χ0) is 9.84. The van der Waals surface area contributed by atoms with E-state index < -0.39 is 0 Å². The summed E-state index contributed by atoms with van der Waals surface area (Å²) >= 11 is 0. The molecule has 1 aliphatic heterocycles. The molecule has 4 nitrogen and oxygen atoms in total. The molecule has 4 heteroatoms. The molecule has 1 rings (SSSR count). The molecule has 1 unspecified atom stereocenters. The molecule has 1 fully saturated rings. The summed E-state index contributed by atoms with van der Waals surface area (Å²) in [5.41, 5.74) is 5.33. The molecule has 0 aromatic rings. The maximum atomic E-state index is 11.4. The lowest BCUT2D eigenvalue weighted by atomic mass is 10.2. The van der Waals surface area contributed by atoms with Gasteiger partial charge in [-0.1, -0.05) is 0 Å². The Morgan fingerprint density at radius 2 is 2.31 bits per heavy atom. The second kappa shape index (κ2) is 4.58. The van der Waals surface area contributed by atoms with Gasteiger partial charge in [-0.15, -0.1) is 0 Å². The minimum atomic E-state index is 0.201. The number of likely N-dealkylation sites (tertiary alicyclic amines) is 1. The summed E-state index contributed by atoms with van der Waals surface area (Å²) in [5.74, 6) is 0.201. The van der Waals surface area contributed by atoms with Gasteiger partial charge in [0.25, 0.3) is 0 Å². The van der Waals surface area contributed by atoms with Gasteiger partial charge in [0, 0.05) is 32.1 Å². The van der Waals surface area contributed by atoms with Crippen molar-refractivity contribution in [1.29, 1.82) is 0 Å². The SMILES string of the molecule is CN(C)C1CCN(C(=O)CCN)C1. The average molecular weight is 185 g/mol. The molecule has 2 N–H and O–H groups in total. The lowest BCUT2D eigenvalue weighted by Gasteiger charge is -2.20. The molecule has 0 radical (unpaired) electrons. The predicted octanol–water partition coefficient (Wildman–Crippen LogP) is -0.502. The van der Waals surface area contributed by atoms with Crippen LogP contribution in [0, 0.1) is 0 Å². The number of hydrogen-bond acceptors (Lipinski definition) is 3. The van der Waals surface area contributed by atoms with Gasteiger partial charge in [0.1, 0.15) is 0 Å². The van der Waals surface area contributed by atoms with E-state index in [9.17, 15) is 4.79 Å². The van der Waals surface area contributed by atoms with Gasteiger partial charge in [-0.2, -0.15) is 0 Å². The fourth-order valence-electron chi connectivity index (χ4n) is 1.67. The van der Waals surface area contributed by atoms with Crippen LogP contribution in [0.4, 0.5) is 0 Å². The molecule has 1 heterocycles. The highest BCUT2D eigenvalue weighted by molar-refractivity contribution is 5.76. The molecule has 1 aliphatic rings. The normalized spacial score (nSPS) is 22.8. The van der Waals surface area contributed by atoms with Crippen LogP contribution in [0.5, 0.6) is 0 Å². The van der Waals surface area contributed by atoms with Crippen LogP contribution in [-0.4, -0.2) is 55.5 Å². The minimum Gasteiger partial charge on any atom is -0.341 e. The molecule has 0 bridgehead atoms. The van der Waals surface area contributed by atoms with Gasteiger partial charge in [0.05, 0.1) is 0 Å². The van der Waals surface area contributed by atoms with E-state index in [1.807, 2.05) is 4.90 Å². The van der Waals surface area contributed by atoms with Gasteiger partial charge >= 0.3 is 0 Å². The fourth-order valence-corrected chi connectivity index (χ4v) is 1.67. The van der Waals surface area contributed by atoms with Gasteiger partial charge in [0.2, 0.25) is 5.91 Å². The van der Waals surface area contributed by atoms with Gasteiger partial charge in [-0.25, -0.2) is 0 Å². The third-order valence-corrected chi connectivity index (χ3v) is 2.60. The van der Waals surface area contributed by atoms with E-state index in [2.05, 4.69) is 19.0 Å². The van der Waals surface area contributed by atoms with Gasteiger partial charge in [0.15, 0.2) is 0 Å². The highest BCUT2D eigenvalue weighted by Crippen LogP contribution is 2.13. The first-order valence-corrected chi connectivity index (χ1v) is 4.79. The molecule has 76 valence electrons. The summed E-state index contributed by atoms with van der Waals surface area (Å²) in [6, 6.07) is 0.529. The van der Waals surface area contributed by atoms with E-state index in [1.165, 1.54) is 0 Å². The van der Waals surface area contributed by atoms with Crippen molar-refractivity contribution in [3.8, 4) is 0 Å². The van der Waals surface area contributed by atoms with Crippen molar-refractivity contribution in [3.63, 3.8) is 0 Å². The summed E-state index contributed by atoms with van der Waals surface area (Å²) in [7, 11) is 4.11. The number of carbonyl (C=O) groups excluding carboxylic acids is 1. The average Bonchev–Trinajstić information content (AvgIpc) is 2.52. The van der Waals surface area contributed by atoms with Crippen LogP contribution in [0.25, 0.3) is 0 Å². The Balaban J connectivity index is 2.36. The summed E-state index contributed by atoms with van der Waals surface area (Å²) < 4.78 is 0. The summed E-state index contributed by atoms with van der Waals surface area (Å²) in [6.07, 6.45) is 1.57. The third kappa shape index (κ3) is 2.67. The monoisotopic (exact) mass is 185 g/mol. The smallest absolute Gasteiger partial charge is 0.223 e. The summed E-state index contributed by atoms with van der Waals surface area (Å²) in [4.78, 5) is 15.5. The molecule has 13 heavy (non-hydrogen) atoms. The Labute approximate surface area is 79.7 Å². The fraction of sp³-hybridized carbons (Fsp3) is 0.889. The van der Waals surface area contributed by atoms with E-state index >= 15 is 0 Å². The Hall–Kier alpha value is -0.610. The lowest BCUT2D eigenvalue weighted by molar-refractivity contribution is -0.130. The molecule has 0 spiro atoms. The minimum absolute atomic E-state index is 0.201. The number of hydrogen-bond donors (Lipinski definition) is 1. The summed E-state index contributed by atoms with van der Waals surface area (Å²) in [6.45, 7) is 2.22. The van der Waals surface area contributed by atoms with E-state index in [1.54, 1.807) is 0 Å². The lowest BCUT2D eigenvalue weighted by Crippen LogP contribution is -2.35. The maximum absolute atomic E-state index is 11.4. The highest BCUT2D eigenvalue weighted by atomic mass is 16.2. The summed E-state index contributed by atoms with van der Waals surface area (Å²) in [5, 5.41) is 0.